The minimum atomic E-state index is -1.08. The number of halogens is 1. The van der Waals surface area contributed by atoms with E-state index in [0.29, 0.717) is 4.47 Å². The summed E-state index contributed by atoms with van der Waals surface area (Å²) in [4.78, 5) is 23.2. The fourth-order valence-electron chi connectivity index (χ4n) is 1.90. The zero-order chi connectivity index (χ0) is 15.4. The van der Waals surface area contributed by atoms with Gasteiger partial charge in [0.1, 0.15) is 0 Å². The highest BCUT2D eigenvalue weighted by molar-refractivity contribution is 9.10. The third-order valence-corrected chi connectivity index (χ3v) is 3.65. The number of amides is 1. The van der Waals surface area contributed by atoms with Gasteiger partial charge in [0, 0.05) is 4.47 Å². The lowest BCUT2D eigenvalue weighted by atomic mass is 10.1. The van der Waals surface area contributed by atoms with Crippen molar-refractivity contribution in [2.45, 2.75) is 13.3 Å². The lowest BCUT2D eigenvalue weighted by Gasteiger charge is -2.10. The average Bonchev–Trinajstić information content (AvgIpc) is 2.43. The number of nitrogens with one attached hydrogen (secondary N) is 1. The molecule has 0 aliphatic heterocycles. The van der Waals surface area contributed by atoms with Gasteiger partial charge >= 0.3 is 5.97 Å². The van der Waals surface area contributed by atoms with Crippen molar-refractivity contribution in [3.05, 3.63) is 63.6 Å². The number of para-hydroxylation sites is 1. The van der Waals surface area contributed by atoms with Crippen LogP contribution in [-0.2, 0) is 11.2 Å². The van der Waals surface area contributed by atoms with Crippen molar-refractivity contribution in [2.75, 3.05) is 5.32 Å². The maximum Gasteiger partial charge on any atom is 0.337 e. The van der Waals surface area contributed by atoms with Gasteiger partial charge in [-0.05, 0) is 40.5 Å². The summed E-state index contributed by atoms with van der Waals surface area (Å²) in [5.74, 6) is -1.34. The van der Waals surface area contributed by atoms with Gasteiger partial charge in [-0.1, -0.05) is 35.9 Å². The first-order valence-electron chi connectivity index (χ1n) is 6.34. The number of hydrogen-bond donors (Lipinski definition) is 2. The van der Waals surface area contributed by atoms with Crippen LogP contribution in [0.1, 0.15) is 21.5 Å². The quantitative estimate of drug-likeness (QED) is 0.887. The molecule has 1 amide bonds. The van der Waals surface area contributed by atoms with Crippen LogP contribution >= 0.6 is 15.9 Å². The van der Waals surface area contributed by atoms with Gasteiger partial charge in [-0.25, -0.2) is 4.79 Å². The molecule has 0 bridgehead atoms. The van der Waals surface area contributed by atoms with E-state index in [1.807, 2.05) is 31.2 Å². The Bertz CT molecular complexity index is 680. The van der Waals surface area contributed by atoms with Crippen LogP contribution in [0, 0.1) is 6.92 Å². The molecular formula is C16H14BrNO3. The van der Waals surface area contributed by atoms with Crippen LogP contribution in [0.3, 0.4) is 0 Å². The Hall–Kier alpha value is -2.14. The number of carboxylic acid groups (broad SMARTS) is 1. The smallest absolute Gasteiger partial charge is 0.337 e. The highest BCUT2D eigenvalue weighted by atomic mass is 79.9. The molecular weight excluding hydrogens is 334 g/mol. The zero-order valence-electron chi connectivity index (χ0n) is 11.4. The molecule has 0 heterocycles. The largest absolute Gasteiger partial charge is 0.478 e. The molecule has 2 aromatic rings. The normalized spacial score (nSPS) is 10.2. The molecule has 4 nitrogen and oxygen atoms in total. The SMILES string of the molecule is Cc1ccc(CC(=O)Nc2c(Br)cccc2C(=O)O)cc1. The molecule has 2 N–H and O–H groups in total. The molecule has 5 heteroatoms. The predicted octanol–water partition coefficient (Wildman–Crippen LogP) is 3.64. The fourth-order valence-corrected chi connectivity index (χ4v) is 2.37. The second kappa shape index (κ2) is 6.54. The van der Waals surface area contributed by atoms with Gasteiger partial charge in [-0.15, -0.1) is 0 Å². The highest BCUT2D eigenvalue weighted by Gasteiger charge is 2.15. The topological polar surface area (TPSA) is 66.4 Å². The summed E-state index contributed by atoms with van der Waals surface area (Å²) in [6.07, 6.45) is 0.195. The Morgan fingerprint density at radius 1 is 1.14 bits per heavy atom. The number of benzene rings is 2. The van der Waals surface area contributed by atoms with Gasteiger partial charge in [-0.3, -0.25) is 4.79 Å². The van der Waals surface area contributed by atoms with Crippen LogP contribution in [0.5, 0.6) is 0 Å². The summed E-state index contributed by atoms with van der Waals surface area (Å²) >= 11 is 3.26. The Morgan fingerprint density at radius 3 is 2.43 bits per heavy atom. The minimum absolute atomic E-state index is 0.0571. The standard InChI is InChI=1S/C16H14BrNO3/c1-10-5-7-11(8-6-10)9-14(19)18-15-12(16(20)21)3-2-4-13(15)17/h2-8H,9H2,1H3,(H,18,19)(H,20,21). The summed E-state index contributed by atoms with van der Waals surface area (Å²) in [5, 5.41) is 11.8. The van der Waals surface area contributed by atoms with Crippen LogP contribution in [0.25, 0.3) is 0 Å². The highest BCUT2D eigenvalue weighted by Crippen LogP contribution is 2.26. The van der Waals surface area contributed by atoms with Crippen LogP contribution in [-0.4, -0.2) is 17.0 Å². The monoisotopic (exact) mass is 347 g/mol. The number of hydrogen-bond acceptors (Lipinski definition) is 2. The van der Waals surface area contributed by atoms with E-state index in [-0.39, 0.29) is 23.6 Å². The molecule has 0 unspecified atom stereocenters. The third kappa shape index (κ3) is 3.92. The molecule has 0 aliphatic carbocycles. The number of rotatable bonds is 4. The second-order valence-electron chi connectivity index (χ2n) is 4.68. The molecule has 0 spiro atoms. The molecule has 108 valence electrons. The molecule has 0 aliphatic rings. The number of anilines is 1. The van der Waals surface area contributed by atoms with Crippen LogP contribution in [0.15, 0.2) is 46.9 Å². The summed E-state index contributed by atoms with van der Waals surface area (Å²) in [6, 6.07) is 12.4. The number of carboxylic acids is 1. The first kappa shape index (κ1) is 15.3. The Kier molecular flexibility index (Phi) is 4.75. The van der Waals surface area contributed by atoms with E-state index in [2.05, 4.69) is 21.2 Å². The number of carbonyl (C=O) groups is 2. The van der Waals surface area contributed by atoms with E-state index >= 15 is 0 Å². The summed E-state index contributed by atoms with van der Waals surface area (Å²) in [5.41, 5.74) is 2.34. The second-order valence-corrected chi connectivity index (χ2v) is 5.53. The molecule has 0 saturated carbocycles. The van der Waals surface area contributed by atoms with Crippen molar-refractivity contribution in [3.63, 3.8) is 0 Å². The van der Waals surface area contributed by atoms with Crippen molar-refractivity contribution in [2.24, 2.45) is 0 Å². The minimum Gasteiger partial charge on any atom is -0.478 e. The third-order valence-electron chi connectivity index (χ3n) is 2.99. The van der Waals surface area contributed by atoms with E-state index in [4.69, 9.17) is 5.11 Å². The van der Waals surface area contributed by atoms with Gasteiger partial charge in [-0.2, -0.15) is 0 Å². The van der Waals surface area contributed by atoms with E-state index in [1.165, 1.54) is 6.07 Å². The predicted molar refractivity (Wildman–Crippen MR) is 84.6 cm³/mol. The van der Waals surface area contributed by atoms with Crippen LogP contribution in [0.2, 0.25) is 0 Å². The van der Waals surface area contributed by atoms with Crippen LogP contribution in [0.4, 0.5) is 5.69 Å². The molecule has 0 radical (unpaired) electrons. The van der Waals surface area contributed by atoms with Crippen molar-refractivity contribution >= 4 is 33.5 Å². The van der Waals surface area contributed by atoms with Crippen molar-refractivity contribution < 1.29 is 14.7 Å². The molecule has 0 atom stereocenters. The summed E-state index contributed by atoms with van der Waals surface area (Å²) in [7, 11) is 0. The molecule has 0 saturated heterocycles. The molecule has 0 fully saturated rings. The van der Waals surface area contributed by atoms with Gasteiger partial charge < -0.3 is 10.4 Å². The van der Waals surface area contributed by atoms with Crippen molar-refractivity contribution in [1.29, 1.82) is 0 Å². The molecule has 21 heavy (non-hydrogen) atoms. The Balaban J connectivity index is 2.16. The van der Waals surface area contributed by atoms with Gasteiger partial charge in [0.05, 0.1) is 17.7 Å². The molecule has 0 aromatic heterocycles. The lowest BCUT2D eigenvalue weighted by molar-refractivity contribution is -0.115. The number of aromatic carboxylic acids is 1. The Morgan fingerprint density at radius 2 is 1.81 bits per heavy atom. The van der Waals surface area contributed by atoms with Crippen LogP contribution < -0.4 is 5.32 Å². The molecule has 2 rings (SSSR count). The first-order chi connectivity index (χ1) is 9.97. The average molecular weight is 348 g/mol. The fraction of sp³-hybridized carbons (Fsp3) is 0.125. The zero-order valence-corrected chi connectivity index (χ0v) is 13.0. The Labute approximate surface area is 130 Å². The summed E-state index contributed by atoms with van der Waals surface area (Å²) in [6.45, 7) is 1.98. The van der Waals surface area contributed by atoms with Crippen molar-refractivity contribution in [3.8, 4) is 0 Å². The van der Waals surface area contributed by atoms with Gasteiger partial charge in [0.2, 0.25) is 5.91 Å². The van der Waals surface area contributed by atoms with Gasteiger partial charge in [0.25, 0.3) is 0 Å². The van der Waals surface area contributed by atoms with E-state index in [9.17, 15) is 9.59 Å². The van der Waals surface area contributed by atoms with E-state index < -0.39 is 5.97 Å². The lowest BCUT2D eigenvalue weighted by Crippen LogP contribution is -2.17. The first-order valence-corrected chi connectivity index (χ1v) is 7.14. The van der Waals surface area contributed by atoms with E-state index in [0.717, 1.165) is 11.1 Å². The maximum absolute atomic E-state index is 12.1. The summed E-state index contributed by atoms with van der Waals surface area (Å²) < 4.78 is 0.541. The number of carbonyl (C=O) groups excluding carboxylic acids is 1. The maximum atomic E-state index is 12.1. The van der Waals surface area contributed by atoms with Gasteiger partial charge in [0.15, 0.2) is 0 Å². The number of aryl methyl sites for hydroxylation is 1. The van der Waals surface area contributed by atoms with Crippen molar-refractivity contribution in [1.82, 2.24) is 0 Å². The van der Waals surface area contributed by atoms with E-state index in [1.54, 1.807) is 12.1 Å². The molecule has 2 aromatic carbocycles.